The molecule has 8 rings (SSSR count). The maximum Gasteiger partial charge on any atom is 0.326 e. The first-order valence-electron chi connectivity index (χ1n) is 20.2. The molecule has 0 aliphatic carbocycles. The predicted molar refractivity (Wildman–Crippen MR) is 239 cm³/mol. The van der Waals surface area contributed by atoms with E-state index in [1.807, 2.05) is 66.7 Å². The summed E-state index contributed by atoms with van der Waals surface area (Å²) in [6, 6.07) is 39.2. The minimum Gasteiger partial charge on any atom is -0.489 e. The third kappa shape index (κ3) is 9.53. The number of halogens is 2. The molecule has 6 aromatic rings. The van der Waals surface area contributed by atoms with Gasteiger partial charge in [0.2, 0.25) is 11.8 Å². The lowest BCUT2D eigenvalue weighted by Gasteiger charge is -2.39. The number of fused-ring (bicyclic) bond motifs is 2. The summed E-state index contributed by atoms with van der Waals surface area (Å²) in [5.74, 6) is -1.36. The normalized spacial score (nSPS) is 15.8. The number of carboxylic acids is 1. The first-order valence-corrected chi connectivity index (χ1v) is 21.0. The number of carbonyl (C=O) groups excluding carboxylic acids is 3. The summed E-state index contributed by atoms with van der Waals surface area (Å²) in [4.78, 5) is 57.4. The van der Waals surface area contributed by atoms with Crippen LogP contribution in [0.25, 0.3) is 11.1 Å². The molecule has 0 fully saturated rings. The van der Waals surface area contributed by atoms with Crippen LogP contribution in [0.1, 0.15) is 56.8 Å². The van der Waals surface area contributed by atoms with Crippen LogP contribution in [0.15, 0.2) is 133 Å². The highest BCUT2D eigenvalue weighted by molar-refractivity contribution is 6.42. The largest absolute Gasteiger partial charge is 0.489 e. The molecule has 0 spiro atoms. The van der Waals surface area contributed by atoms with Gasteiger partial charge in [-0.25, -0.2) is 4.79 Å². The van der Waals surface area contributed by atoms with Crippen molar-refractivity contribution in [3.8, 4) is 28.7 Å². The topological polar surface area (TPSA) is 149 Å². The van der Waals surface area contributed by atoms with Crippen LogP contribution in [0.5, 0.6) is 11.5 Å². The Morgan fingerprint density at radius 1 is 0.841 bits per heavy atom. The van der Waals surface area contributed by atoms with Gasteiger partial charge in [0.1, 0.15) is 36.3 Å². The summed E-state index contributed by atoms with van der Waals surface area (Å²) in [5.41, 5.74) is 7.07. The standard InChI is InChI=1S/C50H40Cl2N4O7/c1-30(57)55-28-47(36-16-18-40(19-17-36)62-29-33-11-20-41(51)42(52)21-33)63-46-25-39-27-56(49(59)37-5-3-2-4-6-37)45(24-38(39)23-44(46)55)48(58)54-43(50(60)61)22-31-7-12-34(13-8-31)35-14-9-32(26-53)10-15-35/h2-21,23,25,43,45,47H,22,24,27-29H2,1H3,(H,54,58)(H,60,61)/t43?,45-,47+/m0/s1. The second kappa shape index (κ2) is 18.5. The summed E-state index contributed by atoms with van der Waals surface area (Å²) < 4.78 is 12.5. The van der Waals surface area contributed by atoms with Gasteiger partial charge in [-0.1, -0.05) is 96.0 Å². The molecular weight excluding hydrogens is 839 g/mol. The Kier molecular flexibility index (Phi) is 12.5. The molecule has 3 atom stereocenters. The minimum absolute atomic E-state index is 0.00126. The van der Waals surface area contributed by atoms with E-state index in [2.05, 4.69) is 11.4 Å². The second-order valence-corrected chi connectivity index (χ2v) is 16.3. The van der Waals surface area contributed by atoms with Gasteiger partial charge in [0.25, 0.3) is 5.91 Å². The summed E-state index contributed by atoms with van der Waals surface area (Å²) in [6.07, 6.45) is -0.455. The molecule has 1 unspecified atom stereocenters. The van der Waals surface area contributed by atoms with E-state index in [0.717, 1.165) is 33.4 Å². The Labute approximate surface area is 374 Å². The molecule has 2 heterocycles. The molecule has 3 amide bonds. The van der Waals surface area contributed by atoms with E-state index in [4.69, 9.17) is 37.9 Å². The average molecular weight is 880 g/mol. The van der Waals surface area contributed by atoms with Crippen LogP contribution in [0.4, 0.5) is 5.69 Å². The van der Waals surface area contributed by atoms with E-state index in [1.54, 1.807) is 71.6 Å². The Bertz CT molecular complexity index is 2740. The molecule has 0 saturated heterocycles. The quantitative estimate of drug-likeness (QED) is 0.131. The van der Waals surface area contributed by atoms with Gasteiger partial charge >= 0.3 is 5.97 Å². The highest BCUT2D eigenvalue weighted by Gasteiger charge is 2.39. The van der Waals surface area contributed by atoms with Crippen LogP contribution in [0.3, 0.4) is 0 Å². The fourth-order valence-electron chi connectivity index (χ4n) is 7.88. The predicted octanol–water partition coefficient (Wildman–Crippen LogP) is 8.98. The van der Waals surface area contributed by atoms with E-state index in [9.17, 15) is 24.3 Å². The van der Waals surface area contributed by atoms with Gasteiger partial charge in [0, 0.05) is 31.9 Å². The molecule has 6 aromatic carbocycles. The average Bonchev–Trinajstić information content (AvgIpc) is 3.30. The van der Waals surface area contributed by atoms with E-state index < -0.39 is 36.0 Å². The maximum atomic E-state index is 14.3. The van der Waals surface area contributed by atoms with Crippen LogP contribution in [-0.4, -0.2) is 52.3 Å². The van der Waals surface area contributed by atoms with E-state index in [0.29, 0.717) is 43.9 Å². The summed E-state index contributed by atoms with van der Waals surface area (Å²) in [6.45, 7) is 2.02. The number of rotatable bonds is 11. The van der Waals surface area contributed by atoms with Crippen molar-refractivity contribution in [2.24, 2.45) is 0 Å². The molecule has 11 nitrogen and oxygen atoms in total. The molecule has 63 heavy (non-hydrogen) atoms. The van der Waals surface area contributed by atoms with Gasteiger partial charge in [-0.05, 0) is 99.6 Å². The third-order valence-electron chi connectivity index (χ3n) is 11.3. The van der Waals surface area contributed by atoms with E-state index >= 15 is 0 Å². The zero-order valence-corrected chi connectivity index (χ0v) is 35.5. The van der Waals surface area contributed by atoms with Gasteiger partial charge in [-0.2, -0.15) is 5.26 Å². The van der Waals surface area contributed by atoms with Gasteiger partial charge < -0.3 is 29.7 Å². The molecule has 13 heteroatoms. The van der Waals surface area contributed by atoms with Crippen molar-refractivity contribution in [2.75, 3.05) is 11.4 Å². The zero-order valence-electron chi connectivity index (χ0n) is 34.0. The van der Waals surface area contributed by atoms with Crippen molar-refractivity contribution in [3.05, 3.63) is 182 Å². The first-order chi connectivity index (χ1) is 30.4. The summed E-state index contributed by atoms with van der Waals surface area (Å²) in [7, 11) is 0. The monoisotopic (exact) mass is 878 g/mol. The number of carbonyl (C=O) groups is 4. The Morgan fingerprint density at radius 2 is 1.52 bits per heavy atom. The summed E-state index contributed by atoms with van der Waals surface area (Å²) in [5, 5.41) is 23.1. The van der Waals surface area contributed by atoms with Gasteiger partial charge in [-0.15, -0.1) is 0 Å². The van der Waals surface area contributed by atoms with Crippen LogP contribution in [0.2, 0.25) is 10.0 Å². The lowest BCUT2D eigenvalue weighted by molar-refractivity contribution is -0.142. The second-order valence-electron chi connectivity index (χ2n) is 15.4. The molecule has 0 saturated carbocycles. The number of carboxylic acid groups (broad SMARTS) is 1. The van der Waals surface area contributed by atoms with Crippen LogP contribution >= 0.6 is 23.2 Å². The van der Waals surface area contributed by atoms with E-state index in [-0.39, 0.29) is 38.4 Å². The van der Waals surface area contributed by atoms with E-state index in [1.165, 1.54) is 11.8 Å². The fourth-order valence-corrected chi connectivity index (χ4v) is 8.20. The number of nitrogens with one attached hydrogen (secondary N) is 1. The lowest BCUT2D eigenvalue weighted by Crippen LogP contribution is -2.56. The smallest absolute Gasteiger partial charge is 0.326 e. The number of hydrogen-bond acceptors (Lipinski definition) is 7. The number of hydrogen-bond donors (Lipinski definition) is 2. The molecule has 0 bridgehead atoms. The van der Waals surface area contributed by atoms with Gasteiger partial charge in [0.05, 0.1) is 33.9 Å². The number of nitrogens with zero attached hydrogens (tertiary/aromatic N) is 3. The van der Waals surface area contributed by atoms with Crippen molar-refractivity contribution in [2.45, 2.75) is 51.1 Å². The summed E-state index contributed by atoms with van der Waals surface area (Å²) >= 11 is 12.2. The lowest BCUT2D eigenvalue weighted by atomic mass is 9.90. The van der Waals surface area contributed by atoms with Crippen LogP contribution in [-0.2, 0) is 40.4 Å². The Hall–Kier alpha value is -7.13. The molecule has 0 radical (unpaired) electrons. The fraction of sp³-hybridized carbons (Fsp3) is 0.180. The first kappa shape index (κ1) is 42.6. The number of nitriles is 1. The van der Waals surface area contributed by atoms with Crippen molar-refractivity contribution in [1.29, 1.82) is 5.26 Å². The Morgan fingerprint density at radius 3 is 2.17 bits per heavy atom. The van der Waals surface area contributed by atoms with Crippen LogP contribution in [0, 0.1) is 11.3 Å². The zero-order chi connectivity index (χ0) is 44.2. The van der Waals surface area contributed by atoms with Gasteiger partial charge in [-0.3, -0.25) is 14.4 Å². The Balaban J connectivity index is 1.02. The molecule has 0 aromatic heterocycles. The highest BCUT2D eigenvalue weighted by atomic mass is 35.5. The molecule has 2 aliphatic heterocycles. The molecule has 316 valence electrons. The van der Waals surface area contributed by atoms with Crippen molar-refractivity contribution < 1.29 is 33.8 Å². The maximum absolute atomic E-state index is 14.3. The highest BCUT2D eigenvalue weighted by Crippen LogP contribution is 2.42. The van der Waals surface area contributed by atoms with Crippen molar-refractivity contribution in [3.63, 3.8) is 0 Å². The third-order valence-corrected chi connectivity index (χ3v) is 12.0. The minimum atomic E-state index is -1.29. The molecular formula is C50H40Cl2N4O7. The number of ether oxygens (including phenoxy) is 2. The molecule has 2 N–H and O–H groups in total. The van der Waals surface area contributed by atoms with Crippen molar-refractivity contribution in [1.82, 2.24) is 10.2 Å². The number of amides is 3. The SMILES string of the molecule is CC(=O)N1C[C@H](c2ccc(OCc3ccc(Cl)c(Cl)c3)cc2)Oc2cc3c(cc21)C[C@@H](C(=O)NC(Cc1ccc(-c2ccc(C#N)cc2)cc1)C(=O)O)N(C(=O)c1ccccc1)C3. The number of benzene rings is 6. The van der Waals surface area contributed by atoms with Gasteiger partial charge in [0.15, 0.2) is 0 Å². The molecule has 2 aliphatic rings. The van der Waals surface area contributed by atoms with Crippen LogP contribution < -0.4 is 19.7 Å². The van der Waals surface area contributed by atoms with Crippen molar-refractivity contribution >= 4 is 52.6 Å². The number of anilines is 1. The number of aliphatic carboxylic acids is 1.